The SMILES string of the molecule is CCN(CC)c1ccc(-c2nc3ccc(C)cc3[nH]2)cc1Br. The lowest BCUT2D eigenvalue weighted by Crippen LogP contribution is -2.22. The Balaban J connectivity index is 2.02. The summed E-state index contributed by atoms with van der Waals surface area (Å²) in [6.07, 6.45) is 0. The third-order valence-corrected chi connectivity index (χ3v) is 4.60. The van der Waals surface area contributed by atoms with Crippen LogP contribution in [0.4, 0.5) is 5.69 Å². The van der Waals surface area contributed by atoms with E-state index in [1.165, 1.54) is 11.3 Å². The van der Waals surface area contributed by atoms with Gasteiger partial charge in [0.15, 0.2) is 0 Å². The number of nitrogens with zero attached hydrogens (tertiary/aromatic N) is 2. The number of imidazole rings is 1. The van der Waals surface area contributed by atoms with Gasteiger partial charge in [0.25, 0.3) is 0 Å². The lowest BCUT2D eigenvalue weighted by molar-refractivity contribution is 0.864. The quantitative estimate of drug-likeness (QED) is 0.700. The number of halogens is 1. The minimum Gasteiger partial charge on any atom is -0.371 e. The van der Waals surface area contributed by atoms with Crippen molar-refractivity contribution >= 4 is 32.7 Å². The van der Waals surface area contributed by atoms with E-state index in [1.807, 2.05) is 0 Å². The highest BCUT2D eigenvalue weighted by Crippen LogP contribution is 2.31. The summed E-state index contributed by atoms with van der Waals surface area (Å²) >= 11 is 3.70. The maximum atomic E-state index is 4.69. The zero-order chi connectivity index (χ0) is 15.7. The molecule has 22 heavy (non-hydrogen) atoms. The van der Waals surface area contributed by atoms with Crippen molar-refractivity contribution in [3.05, 3.63) is 46.4 Å². The first-order valence-corrected chi connectivity index (χ1v) is 8.43. The highest BCUT2D eigenvalue weighted by Gasteiger charge is 2.10. The Bertz CT molecular complexity index is 803. The third-order valence-electron chi connectivity index (χ3n) is 3.96. The minimum atomic E-state index is 0.910. The van der Waals surface area contributed by atoms with Gasteiger partial charge in [-0.05, 0) is 72.6 Å². The van der Waals surface area contributed by atoms with Gasteiger partial charge in [-0.1, -0.05) is 6.07 Å². The number of H-pyrrole nitrogens is 1. The standard InChI is InChI=1S/C18H20BrN3/c1-4-22(5-2)17-9-7-13(11-14(17)19)18-20-15-8-6-12(3)10-16(15)21-18/h6-11H,4-5H2,1-3H3,(H,20,21). The lowest BCUT2D eigenvalue weighted by atomic mass is 10.2. The van der Waals surface area contributed by atoms with Crippen molar-refractivity contribution in [1.29, 1.82) is 0 Å². The minimum absolute atomic E-state index is 0.910. The molecule has 0 atom stereocenters. The van der Waals surface area contributed by atoms with Crippen LogP contribution in [0.5, 0.6) is 0 Å². The van der Waals surface area contributed by atoms with Gasteiger partial charge in [0.05, 0.1) is 16.7 Å². The van der Waals surface area contributed by atoms with E-state index in [1.54, 1.807) is 0 Å². The molecule has 0 fully saturated rings. The summed E-state index contributed by atoms with van der Waals surface area (Å²) in [6, 6.07) is 12.7. The Morgan fingerprint density at radius 1 is 1.09 bits per heavy atom. The second-order valence-electron chi connectivity index (χ2n) is 5.44. The van der Waals surface area contributed by atoms with Crippen LogP contribution < -0.4 is 4.90 Å². The zero-order valence-electron chi connectivity index (χ0n) is 13.2. The van der Waals surface area contributed by atoms with Gasteiger partial charge in [0.1, 0.15) is 5.82 Å². The maximum absolute atomic E-state index is 4.69. The van der Waals surface area contributed by atoms with Gasteiger partial charge in [-0.3, -0.25) is 0 Å². The number of fused-ring (bicyclic) bond motifs is 1. The number of hydrogen-bond acceptors (Lipinski definition) is 2. The van der Waals surface area contributed by atoms with Gasteiger partial charge in [0, 0.05) is 23.1 Å². The monoisotopic (exact) mass is 357 g/mol. The van der Waals surface area contributed by atoms with E-state index in [0.717, 1.165) is 40.0 Å². The van der Waals surface area contributed by atoms with Crippen LogP contribution in [0.2, 0.25) is 0 Å². The average Bonchev–Trinajstić information content (AvgIpc) is 2.93. The number of anilines is 1. The zero-order valence-corrected chi connectivity index (χ0v) is 14.7. The highest BCUT2D eigenvalue weighted by atomic mass is 79.9. The summed E-state index contributed by atoms with van der Waals surface area (Å²) in [4.78, 5) is 10.4. The molecule has 3 rings (SSSR count). The molecule has 0 unspecified atom stereocenters. The van der Waals surface area contributed by atoms with Gasteiger partial charge in [0.2, 0.25) is 0 Å². The molecular weight excluding hydrogens is 338 g/mol. The molecule has 0 radical (unpaired) electrons. The molecule has 3 aromatic rings. The molecule has 2 aromatic carbocycles. The second kappa shape index (κ2) is 6.13. The average molecular weight is 358 g/mol. The summed E-state index contributed by atoms with van der Waals surface area (Å²) in [7, 11) is 0. The Morgan fingerprint density at radius 3 is 2.55 bits per heavy atom. The van der Waals surface area contributed by atoms with Crippen molar-refractivity contribution in [3.8, 4) is 11.4 Å². The molecule has 0 aliphatic rings. The number of aromatic amines is 1. The summed E-state index contributed by atoms with van der Waals surface area (Å²) in [5, 5.41) is 0. The van der Waals surface area contributed by atoms with Crippen LogP contribution in [0.1, 0.15) is 19.4 Å². The normalized spacial score (nSPS) is 11.1. The number of hydrogen-bond donors (Lipinski definition) is 1. The smallest absolute Gasteiger partial charge is 0.138 e. The van der Waals surface area contributed by atoms with Crippen molar-refractivity contribution in [2.75, 3.05) is 18.0 Å². The highest BCUT2D eigenvalue weighted by molar-refractivity contribution is 9.10. The van der Waals surface area contributed by atoms with E-state index in [0.29, 0.717) is 0 Å². The topological polar surface area (TPSA) is 31.9 Å². The molecule has 1 aromatic heterocycles. The van der Waals surface area contributed by atoms with Crippen LogP contribution >= 0.6 is 15.9 Å². The lowest BCUT2D eigenvalue weighted by Gasteiger charge is -2.22. The fraction of sp³-hybridized carbons (Fsp3) is 0.278. The molecule has 0 aliphatic carbocycles. The summed E-state index contributed by atoms with van der Waals surface area (Å²) in [5.41, 5.74) is 5.64. The van der Waals surface area contributed by atoms with Crippen LogP contribution in [-0.2, 0) is 0 Å². The van der Waals surface area contributed by atoms with E-state index in [-0.39, 0.29) is 0 Å². The van der Waals surface area contributed by atoms with E-state index in [9.17, 15) is 0 Å². The van der Waals surface area contributed by atoms with Gasteiger partial charge in [-0.25, -0.2) is 4.98 Å². The van der Waals surface area contributed by atoms with Crippen LogP contribution in [0.25, 0.3) is 22.4 Å². The largest absolute Gasteiger partial charge is 0.371 e. The molecule has 0 bridgehead atoms. The summed E-state index contributed by atoms with van der Waals surface area (Å²) in [6.45, 7) is 8.43. The van der Waals surface area contributed by atoms with Gasteiger partial charge in [-0.2, -0.15) is 0 Å². The van der Waals surface area contributed by atoms with E-state index in [4.69, 9.17) is 4.98 Å². The third kappa shape index (κ3) is 2.75. The molecule has 3 nitrogen and oxygen atoms in total. The van der Waals surface area contributed by atoms with Crippen LogP contribution in [-0.4, -0.2) is 23.1 Å². The molecule has 114 valence electrons. The molecular formula is C18H20BrN3. The maximum Gasteiger partial charge on any atom is 0.138 e. The first-order chi connectivity index (χ1) is 10.6. The number of nitrogens with one attached hydrogen (secondary N) is 1. The molecule has 4 heteroatoms. The Hall–Kier alpha value is -1.81. The van der Waals surface area contributed by atoms with Gasteiger partial charge >= 0.3 is 0 Å². The molecule has 0 spiro atoms. The Morgan fingerprint density at radius 2 is 1.86 bits per heavy atom. The molecule has 0 aliphatic heterocycles. The number of aryl methyl sites for hydroxylation is 1. The predicted octanol–water partition coefficient (Wildman–Crippen LogP) is 5.15. The van der Waals surface area contributed by atoms with Crippen LogP contribution in [0, 0.1) is 6.92 Å². The van der Waals surface area contributed by atoms with Gasteiger partial charge in [-0.15, -0.1) is 0 Å². The van der Waals surface area contributed by atoms with E-state index >= 15 is 0 Å². The van der Waals surface area contributed by atoms with Crippen molar-refractivity contribution in [3.63, 3.8) is 0 Å². The van der Waals surface area contributed by atoms with E-state index in [2.05, 4.69) is 83.0 Å². The predicted molar refractivity (Wildman–Crippen MR) is 97.5 cm³/mol. The number of rotatable bonds is 4. The molecule has 0 saturated heterocycles. The van der Waals surface area contributed by atoms with Crippen molar-refractivity contribution in [2.45, 2.75) is 20.8 Å². The van der Waals surface area contributed by atoms with Crippen LogP contribution in [0.3, 0.4) is 0 Å². The van der Waals surface area contributed by atoms with E-state index < -0.39 is 0 Å². The second-order valence-corrected chi connectivity index (χ2v) is 6.30. The Labute approximate surface area is 139 Å². The first kappa shape index (κ1) is 15.1. The molecule has 1 N–H and O–H groups in total. The van der Waals surface area contributed by atoms with Crippen molar-refractivity contribution < 1.29 is 0 Å². The number of aromatic nitrogens is 2. The fourth-order valence-corrected chi connectivity index (χ4v) is 3.36. The molecule has 0 amide bonds. The first-order valence-electron chi connectivity index (χ1n) is 7.63. The summed E-state index contributed by atoms with van der Waals surface area (Å²) in [5.74, 6) is 0.910. The molecule has 0 saturated carbocycles. The summed E-state index contributed by atoms with van der Waals surface area (Å²) < 4.78 is 1.10. The van der Waals surface area contributed by atoms with Crippen LogP contribution in [0.15, 0.2) is 40.9 Å². The van der Waals surface area contributed by atoms with Crippen molar-refractivity contribution in [2.24, 2.45) is 0 Å². The van der Waals surface area contributed by atoms with Gasteiger partial charge < -0.3 is 9.88 Å². The van der Waals surface area contributed by atoms with Crippen molar-refractivity contribution in [1.82, 2.24) is 9.97 Å². The Kier molecular flexibility index (Phi) is 4.21. The molecule has 1 heterocycles. The number of benzene rings is 2. The fourth-order valence-electron chi connectivity index (χ4n) is 2.74.